The van der Waals surface area contributed by atoms with E-state index in [4.69, 9.17) is 16.6 Å². The van der Waals surface area contributed by atoms with E-state index in [-0.39, 0.29) is 6.04 Å². The van der Waals surface area contributed by atoms with Crippen molar-refractivity contribution < 1.29 is 0 Å². The molecule has 3 rings (SSSR count). The Morgan fingerprint density at radius 1 is 1.33 bits per heavy atom. The number of halogens is 1. The summed E-state index contributed by atoms with van der Waals surface area (Å²) in [6, 6.07) is 2.22. The molecular formula is C15H18ClN5. The Morgan fingerprint density at radius 3 is 2.90 bits per heavy atom. The number of nitrogens with zero attached hydrogens (tertiary/aromatic N) is 5. The lowest BCUT2D eigenvalue weighted by atomic mass is 10.2. The first-order valence-electron chi connectivity index (χ1n) is 7.05. The number of hydrogen-bond acceptors (Lipinski definition) is 3. The lowest BCUT2D eigenvalue weighted by Gasteiger charge is -2.17. The fourth-order valence-corrected chi connectivity index (χ4v) is 2.83. The van der Waals surface area contributed by atoms with Gasteiger partial charge in [-0.3, -0.25) is 0 Å². The van der Waals surface area contributed by atoms with Crippen molar-refractivity contribution in [1.29, 1.82) is 0 Å². The number of alkyl halides is 1. The minimum atomic E-state index is 0.233. The summed E-state index contributed by atoms with van der Waals surface area (Å²) in [5, 5.41) is 0. The van der Waals surface area contributed by atoms with E-state index in [9.17, 15) is 0 Å². The zero-order chi connectivity index (χ0) is 14.8. The molecule has 0 aromatic carbocycles. The fraction of sp³-hybridized carbons (Fsp3) is 0.400. The lowest BCUT2D eigenvalue weighted by molar-refractivity contribution is 0.459. The quantitative estimate of drug-likeness (QED) is 0.681. The average Bonchev–Trinajstić information content (AvgIpc) is 3.07. The summed E-state index contributed by atoms with van der Waals surface area (Å²) in [5.41, 5.74) is 3.04. The molecule has 3 aromatic heterocycles. The molecule has 0 aliphatic rings. The molecule has 1 atom stereocenters. The maximum atomic E-state index is 5.93. The molecule has 0 radical (unpaired) electrons. The molecule has 0 bridgehead atoms. The molecule has 3 heterocycles. The zero-order valence-corrected chi connectivity index (χ0v) is 13.0. The summed E-state index contributed by atoms with van der Waals surface area (Å²) >= 11 is 5.93. The Labute approximate surface area is 128 Å². The van der Waals surface area contributed by atoms with Crippen LogP contribution in [-0.2, 0) is 13.0 Å². The van der Waals surface area contributed by atoms with Crippen molar-refractivity contribution >= 4 is 22.8 Å². The second kappa shape index (κ2) is 5.85. The molecule has 0 spiro atoms. The number of rotatable bonds is 5. The van der Waals surface area contributed by atoms with Gasteiger partial charge in [0.25, 0.3) is 0 Å². The first-order chi connectivity index (χ1) is 10.2. The largest absolute Gasteiger partial charge is 0.335 e. The molecular weight excluding hydrogens is 286 g/mol. The van der Waals surface area contributed by atoms with Gasteiger partial charge < -0.3 is 9.13 Å². The average molecular weight is 304 g/mol. The van der Waals surface area contributed by atoms with Gasteiger partial charge in [-0.05, 0) is 25.5 Å². The maximum Gasteiger partial charge on any atom is 0.160 e. The number of imidazole rings is 2. The number of aromatic nitrogens is 5. The first-order valence-corrected chi connectivity index (χ1v) is 7.58. The van der Waals surface area contributed by atoms with Crippen LogP contribution in [0.5, 0.6) is 0 Å². The summed E-state index contributed by atoms with van der Waals surface area (Å²) in [4.78, 5) is 13.4. The topological polar surface area (TPSA) is 48.5 Å². The fourth-order valence-electron chi connectivity index (χ4n) is 2.66. The molecule has 6 heteroatoms. The van der Waals surface area contributed by atoms with E-state index in [0.29, 0.717) is 5.88 Å². The van der Waals surface area contributed by atoms with Crippen LogP contribution in [-0.4, -0.2) is 30.0 Å². The van der Waals surface area contributed by atoms with Gasteiger partial charge in [0, 0.05) is 37.4 Å². The molecule has 3 aromatic rings. The third-order valence-electron chi connectivity index (χ3n) is 3.65. The molecule has 0 aliphatic heterocycles. The summed E-state index contributed by atoms with van der Waals surface area (Å²) in [6.45, 7) is 5.06. The summed E-state index contributed by atoms with van der Waals surface area (Å²) in [6.07, 6.45) is 8.17. The van der Waals surface area contributed by atoms with Gasteiger partial charge in [0.2, 0.25) is 0 Å². The van der Waals surface area contributed by atoms with Crippen LogP contribution >= 0.6 is 11.6 Å². The van der Waals surface area contributed by atoms with Crippen LogP contribution in [0, 0.1) is 6.92 Å². The van der Waals surface area contributed by atoms with E-state index >= 15 is 0 Å². The Bertz CT molecular complexity index is 732. The van der Waals surface area contributed by atoms with Crippen molar-refractivity contribution in [3.05, 3.63) is 42.4 Å². The van der Waals surface area contributed by atoms with Crippen LogP contribution in [0.2, 0.25) is 0 Å². The standard InChI is InChI=1S/C15H18ClN5/c1-11-4-6-18-15-14(11)19-13(3-5-16)21(15)12(2)9-20-8-7-17-10-20/h4,6-8,10,12H,3,5,9H2,1-2H3. The van der Waals surface area contributed by atoms with Gasteiger partial charge in [-0.15, -0.1) is 11.6 Å². The molecule has 0 fully saturated rings. The molecule has 0 amide bonds. The van der Waals surface area contributed by atoms with Gasteiger partial charge in [-0.1, -0.05) is 0 Å². The predicted octanol–water partition coefficient (Wildman–Crippen LogP) is 2.98. The van der Waals surface area contributed by atoms with Crippen molar-refractivity contribution in [3.8, 4) is 0 Å². The van der Waals surface area contributed by atoms with Crippen LogP contribution in [0.25, 0.3) is 11.2 Å². The number of aryl methyl sites for hydroxylation is 2. The molecule has 0 saturated carbocycles. The molecule has 1 unspecified atom stereocenters. The SMILES string of the molecule is Cc1ccnc2c1nc(CCCl)n2C(C)Cn1ccnc1. The second-order valence-electron chi connectivity index (χ2n) is 5.25. The van der Waals surface area contributed by atoms with Crippen molar-refractivity contribution in [2.75, 3.05) is 5.88 Å². The molecule has 5 nitrogen and oxygen atoms in total. The minimum Gasteiger partial charge on any atom is -0.335 e. The number of fused-ring (bicyclic) bond motifs is 1. The number of hydrogen-bond donors (Lipinski definition) is 0. The van der Waals surface area contributed by atoms with Crippen molar-refractivity contribution in [2.45, 2.75) is 32.9 Å². The highest BCUT2D eigenvalue weighted by Crippen LogP contribution is 2.23. The van der Waals surface area contributed by atoms with Crippen molar-refractivity contribution in [3.63, 3.8) is 0 Å². The van der Waals surface area contributed by atoms with Crippen molar-refractivity contribution in [2.24, 2.45) is 0 Å². The second-order valence-corrected chi connectivity index (χ2v) is 5.62. The highest BCUT2D eigenvalue weighted by molar-refractivity contribution is 6.17. The van der Waals surface area contributed by atoms with E-state index in [1.807, 2.05) is 24.8 Å². The van der Waals surface area contributed by atoms with Gasteiger partial charge in [0.15, 0.2) is 5.65 Å². The molecule has 0 aliphatic carbocycles. The Hall–Kier alpha value is -1.88. The molecule has 0 saturated heterocycles. The normalized spacial score (nSPS) is 12.9. The van der Waals surface area contributed by atoms with E-state index < -0.39 is 0 Å². The van der Waals surface area contributed by atoms with E-state index in [2.05, 4.69) is 32.9 Å². The monoisotopic (exact) mass is 303 g/mol. The van der Waals surface area contributed by atoms with Gasteiger partial charge >= 0.3 is 0 Å². The minimum absolute atomic E-state index is 0.233. The lowest BCUT2D eigenvalue weighted by Crippen LogP contribution is -2.15. The third kappa shape index (κ3) is 2.65. The van der Waals surface area contributed by atoms with E-state index in [1.54, 1.807) is 6.20 Å². The Balaban J connectivity index is 2.06. The van der Waals surface area contributed by atoms with Crippen LogP contribution in [0.1, 0.15) is 24.4 Å². The first kappa shape index (κ1) is 14.1. The van der Waals surface area contributed by atoms with Gasteiger partial charge in [0.1, 0.15) is 11.3 Å². The van der Waals surface area contributed by atoms with Gasteiger partial charge in [-0.2, -0.15) is 0 Å². The van der Waals surface area contributed by atoms with E-state index in [1.165, 1.54) is 0 Å². The maximum absolute atomic E-state index is 5.93. The molecule has 0 N–H and O–H groups in total. The number of pyridine rings is 1. The van der Waals surface area contributed by atoms with Crippen LogP contribution in [0.4, 0.5) is 0 Å². The van der Waals surface area contributed by atoms with Gasteiger partial charge in [0.05, 0.1) is 12.4 Å². The summed E-state index contributed by atoms with van der Waals surface area (Å²) in [7, 11) is 0. The van der Waals surface area contributed by atoms with Crippen molar-refractivity contribution in [1.82, 2.24) is 24.1 Å². The highest BCUT2D eigenvalue weighted by atomic mass is 35.5. The predicted molar refractivity (Wildman–Crippen MR) is 83.6 cm³/mol. The smallest absolute Gasteiger partial charge is 0.160 e. The Kier molecular flexibility index (Phi) is 3.92. The third-order valence-corrected chi connectivity index (χ3v) is 3.84. The highest BCUT2D eigenvalue weighted by Gasteiger charge is 2.17. The Morgan fingerprint density at radius 2 is 2.19 bits per heavy atom. The summed E-state index contributed by atoms with van der Waals surface area (Å²) in [5.74, 6) is 1.55. The summed E-state index contributed by atoms with van der Waals surface area (Å²) < 4.78 is 4.27. The van der Waals surface area contributed by atoms with Crippen LogP contribution < -0.4 is 0 Å². The van der Waals surface area contributed by atoms with E-state index in [0.717, 1.165) is 35.5 Å². The van der Waals surface area contributed by atoms with Crippen LogP contribution in [0.15, 0.2) is 31.0 Å². The molecule has 110 valence electrons. The van der Waals surface area contributed by atoms with Crippen LogP contribution in [0.3, 0.4) is 0 Å². The van der Waals surface area contributed by atoms with Gasteiger partial charge in [-0.25, -0.2) is 15.0 Å². The molecule has 21 heavy (non-hydrogen) atoms. The zero-order valence-electron chi connectivity index (χ0n) is 12.2.